The maximum absolute atomic E-state index is 12.2. The smallest absolute Gasteiger partial charge is 0.279 e. The summed E-state index contributed by atoms with van der Waals surface area (Å²) in [6.45, 7) is 4.67. The van der Waals surface area contributed by atoms with E-state index in [1.807, 2.05) is 13.8 Å². The largest absolute Gasteiger partial charge is 0.490 e. The van der Waals surface area contributed by atoms with Gasteiger partial charge in [-0.2, -0.15) is 0 Å². The summed E-state index contributed by atoms with van der Waals surface area (Å²) in [6.07, 6.45) is 0. The number of carbonyl (C=O) groups is 2. The minimum Gasteiger partial charge on any atom is -0.490 e. The molecular weight excluding hydrogens is 396 g/mol. The van der Waals surface area contributed by atoms with E-state index in [-0.39, 0.29) is 5.91 Å². The molecule has 0 aliphatic rings. The predicted octanol–water partition coefficient (Wildman–Crippen LogP) is 3.38. The molecule has 2 aromatic rings. The van der Waals surface area contributed by atoms with Crippen molar-refractivity contribution >= 4 is 39.1 Å². The Balaban J connectivity index is 2.03. The van der Waals surface area contributed by atoms with Crippen LogP contribution in [0.4, 0.5) is 0 Å². The van der Waals surface area contributed by atoms with Crippen LogP contribution >= 0.6 is 27.3 Å². The second kappa shape index (κ2) is 8.70. The molecule has 8 heteroatoms. The number of thiophene rings is 1. The van der Waals surface area contributed by atoms with Gasteiger partial charge < -0.3 is 9.47 Å². The van der Waals surface area contributed by atoms with Crippen molar-refractivity contribution in [1.29, 1.82) is 0 Å². The molecule has 0 saturated heterocycles. The van der Waals surface area contributed by atoms with Crippen molar-refractivity contribution in [2.45, 2.75) is 13.8 Å². The van der Waals surface area contributed by atoms with Crippen LogP contribution in [-0.2, 0) is 0 Å². The molecule has 1 aromatic heterocycles. The Hall–Kier alpha value is -2.06. The van der Waals surface area contributed by atoms with Crippen LogP contribution < -0.4 is 20.3 Å². The summed E-state index contributed by atoms with van der Waals surface area (Å²) in [6, 6.07) is 8.29. The quantitative estimate of drug-likeness (QED) is 0.712. The van der Waals surface area contributed by atoms with Crippen molar-refractivity contribution in [3.8, 4) is 11.5 Å². The van der Waals surface area contributed by atoms with E-state index in [0.29, 0.717) is 35.2 Å². The van der Waals surface area contributed by atoms with E-state index in [4.69, 9.17) is 9.47 Å². The summed E-state index contributed by atoms with van der Waals surface area (Å²) in [5.74, 6) is 0.238. The van der Waals surface area contributed by atoms with Gasteiger partial charge >= 0.3 is 0 Å². The molecule has 2 rings (SSSR count). The van der Waals surface area contributed by atoms with Crippen LogP contribution in [0.1, 0.15) is 33.9 Å². The Labute approximate surface area is 152 Å². The van der Waals surface area contributed by atoms with Gasteiger partial charge in [0.05, 0.1) is 21.9 Å². The van der Waals surface area contributed by atoms with Gasteiger partial charge in [-0.25, -0.2) is 0 Å². The molecule has 0 bridgehead atoms. The van der Waals surface area contributed by atoms with Gasteiger partial charge in [-0.15, -0.1) is 11.3 Å². The molecule has 2 amide bonds. The van der Waals surface area contributed by atoms with E-state index in [0.717, 1.165) is 3.79 Å². The SMILES string of the molecule is CCOc1ccc(C(=O)NNC(=O)c2ccc(Br)s2)cc1OCC. The van der Waals surface area contributed by atoms with Crippen molar-refractivity contribution in [2.75, 3.05) is 13.2 Å². The molecule has 0 spiro atoms. The molecule has 6 nitrogen and oxygen atoms in total. The lowest BCUT2D eigenvalue weighted by Crippen LogP contribution is -2.41. The van der Waals surface area contributed by atoms with Crippen LogP contribution in [0.15, 0.2) is 34.1 Å². The molecule has 1 heterocycles. The molecule has 0 aliphatic heterocycles. The van der Waals surface area contributed by atoms with Gasteiger partial charge in [-0.1, -0.05) is 0 Å². The summed E-state index contributed by atoms with van der Waals surface area (Å²) in [4.78, 5) is 24.6. The second-order valence-corrected chi connectivity index (χ2v) is 7.00. The van der Waals surface area contributed by atoms with Crippen molar-refractivity contribution in [3.05, 3.63) is 44.6 Å². The van der Waals surface area contributed by atoms with Crippen LogP contribution in [0.3, 0.4) is 0 Å². The van der Waals surface area contributed by atoms with Crippen LogP contribution in [0.25, 0.3) is 0 Å². The van der Waals surface area contributed by atoms with Crippen molar-refractivity contribution in [2.24, 2.45) is 0 Å². The van der Waals surface area contributed by atoms with E-state index in [1.54, 1.807) is 30.3 Å². The average Bonchev–Trinajstić information content (AvgIpc) is 3.01. The Bertz CT molecular complexity index is 733. The highest BCUT2D eigenvalue weighted by molar-refractivity contribution is 9.11. The molecule has 2 N–H and O–H groups in total. The van der Waals surface area contributed by atoms with E-state index >= 15 is 0 Å². The third kappa shape index (κ3) is 4.72. The fourth-order valence-corrected chi connectivity index (χ4v) is 3.16. The number of rotatable bonds is 6. The lowest BCUT2D eigenvalue weighted by molar-refractivity contribution is 0.0848. The standard InChI is InChI=1S/C16H17BrN2O4S/c1-3-22-11-6-5-10(9-12(11)23-4-2)15(20)18-19-16(21)13-7-8-14(17)24-13/h5-9H,3-4H2,1-2H3,(H,18,20)(H,19,21). The number of hydrogen-bond acceptors (Lipinski definition) is 5. The van der Waals surface area contributed by atoms with Gasteiger partial charge in [0.15, 0.2) is 11.5 Å². The number of hydrazine groups is 1. The molecule has 0 atom stereocenters. The summed E-state index contributed by atoms with van der Waals surface area (Å²) in [5, 5.41) is 0. The summed E-state index contributed by atoms with van der Waals surface area (Å²) >= 11 is 4.56. The summed E-state index contributed by atoms with van der Waals surface area (Å²) in [7, 11) is 0. The molecule has 128 valence electrons. The zero-order valence-corrected chi connectivity index (χ0v) is 15.6. The number of ether oxygens (including phenoxy) is 2. The van der Waals surface area contributed by atoms with E-state index in [9.17, 15) is 9.59 Å². The molecule has 0 saturated carbocycles. The third-order valence-corrected chi connectivity index (χ3v) is 4.51. The third-order valence-electron chi connectivity index (χ3n) is 2.89. The fraction of sp³-hybridized carbons (Fsp3) is 0.250. The highest BCUT2D eigenvalue weighted by Gasteiger charge is 2.13. The Morgan fingerprint density at radius 3 is 2.29 bits per heavy atom. The van der Waals surface area contributed by atoms with Crippen LogP contribution in [0.5, 0.6) is 11.5 Å². The topological polar surface area (TPSA) is 76.7 Å². The zero-order chi connectivity index (χ0) is 17.5. The van der Waals surface area contributed by atoms with Crippen molar-refractivity contribution in [1.82, 2.24) is 10.9 Å². The first-order valence-electron chi connectivity index (χ1n) is 7.30. The number of carbonyl (C=O) groups excluding carboxylic acids is 2. The molecule has 0 aliphatic carbocycles. The highest BCUT2D eigenvalue weighted by atomic mass is 79.9. The van der Waals surface area contributed by atoms with Crippen LogP contribution in [0.2, 0.25) is 0 Å². The van der Waals surface area contributed by atoms with Crippen LogP contribution in [-0.4, -0.2) is 25.0 Å². The number of benzene rings is 1. The fourth-order valence-electron chi connectivity index (χ4n) is 1.88. The molecule has 0 fully saturated rings. The van der Waals surface area contributed by atoms with Crippen molar-refractivity contribution in [3.63, 3.8) is 0 Å². The summed E-state index contributed by atoms with van der Waals surface area (Å²) in [5.41, 5.74) is 5.12. The lowest BCUT2D eigenvalue weighted by Gasteiger charge is -2.12. The minimum absolute atomic E-state index is 0.356. The van der Waals surface area contributed by atoms with Gasteiger partial charge in [0, 0.05) is 5.56 Å². The Morgan fingerprint density at radius 1 is 1.00 bits per heavy atom. The first-order valence-corrected chi connectivity index (χ1v) is 8.91. The summed E-state index contributed by atoms with van der Waals surface area (Å²) < 4.78 is 11.8. The molecule has 24 heavy (non-hydrogen) atoms. The minimum atomic E-state index is -0.442. The number of hydrogen-bond donors (Lipinski definition) is 2. The second-order valence-electron chi connectivity index (χ2n) is 4.54. The van der Waals surface area contributed by atoms with Gasteiger partial charge in [0.2, 0.25) is 0 Å². The normalized spacial score (nSPS) is 10.1. The van der Waals surface area contributed by atoms with E-state index in [1.165, 1.54) is 11.3 Å². The number of halogens is 1. The number of nitrogens with one attached hydrogen (secondary N) is 2. The van der Waals surface area contributed by atoms with E-state index < -0.39 is 5.91 Å². The maximum atomic E-state index is 12.2. The van der Waals surface area contributed by atoms with Crippen LogP contribution in [0, 0.1) is 0 Å². The molecule has 0 unspecified atom stereocenters. The maximum Gasteiger partial charge on any atom is 0.279 e. The van der Waals surface area contributed by atoms with Gasteiger partial charge in [0.25, 0.3) is 11.8 Å². The highest BCUT2D eigenvalue weighted by Crippen LogP contribution is 2.28. The average molecular weight is 413 g/mol. The first kappa shape index (κ1) is 18.3. The molecule has 0 radical (unpaired) electrons. The first-order chi connectivity index (χ1) is 11.5. The van der Waals surface area contributed by atoms with Gasteiger partial charge in [-0.3, -0.25) is 20.4 Å². The van der Waals surface area contributed by atoms with Gasteiger partial charge in [0.1, 0.15) is 0 Å². The molecule has 1 aromatic carbocycles. The van der Waals surface area contributed by atoms with Crippen molar-refractivity contribution < 1.29 is 19.1 Å². The van der Waals surface area contributed by atoms with Gasteiger partial charge in [-0.05, 0) is 60.1 Å². The Kier molecular flexibility index (Phi) is 6.62. The zero-order valence-electron chi connectivity index (χ0n) is 13.2. The Morgan fingerprint density at radius 2 is 1.67 bits per heavy atom. The van der Waals surface area contributed by atoms with E-state index in [2.05, 4.69) is 26.8 Å². The monoisotopic (exact) mass is 412 g/mol. The molecular formula is C16H17BrN2O4S. The predicted molar refractivity (Wildman–Crippen MR) is 95.7 cm³/mol. The lowest BCUT2D eigenvalue weighted by atomic mass is 10.2. The number of amides is 2.